The molecular formula is C22H25N5O2. The fourth-order valence-electron chi connectivity index (χ4n) is 4.03. The Labute approximate surface area is 169 Å². The van der Waals surface area contributed by atoms with Gasteiger partial charge in [-0.1, -0.05) is 18.2 Å². The zero-order valence-corrected chi connectivity index (χ0v) is 16.5. The van der Waals surface area contributed by atoms with Gasteiger partial charge in [-0.2, -0.15) is 0 Å². The van der Waals surface area contributed by atoms with Crippen LogP contribution in [-0.2, 0) is 13.0 Å². The average molecular weight is 391 g/mol. The van der Waals surface area contributed by atoms with E-state index < -0.39 is 5.97 Å². The number of carbonyl (C=O) groups is 1. The Kier molecular flexibility index (Phi) is 5.67. The molecule has 1 aliphatic heterocycles. The molecule has 0 radical (unpaired) electrons. The first kappa shape index (κ1) is 19.3. The van der Waals surface area contributed by atoms with E-state index in [1.54, 1.807) is 24.5 Å². The van der Waals surface area contributed by atoms with Gasteiger partial charge in [0, 0.05) is 31.2 Å². The number of aryl methyl sites for hydroxylation is 1. The number of nitrogens with one attached hydrogen (secondary N) is 1. The molecule has 0 bridgehead atoms. The van der Waals surface area contributed by atoms with E-state index in [2.05, 4.69) is 19.9 Å². The van der Waals surface area contributed by atoms with Gasteiger partial charge in [-0.05, 0) is 50.3 Å². The van der Waals surface area contributed by atoms with Crippen LogP contribution in [0, 0.1) is 12.8 Å². The van der Waals surface area contributed by atoms with E-state index in [0.29, 0.717) is 18.0 Å². The second kappa shape index (κ2) is 8.53. The average Bonchev–Trinajstić information content (AvgIpc) is 3.15. The van der Waals surface area contributed by atoms with Crippen LogP contribution in [0.5, 0.6) is 0 Å². The third-order valence-electron chi connectivity index (χ3n) is 5.37. The lowest BCUT2D eigenvalue weighted by atomic mass is 9.93. The Morgan fingerprint density at radius 2 is 2.14 bits per heavy atom. The minimum atomic E-state index is -0.866. The molecule has 7 nitrogen and oxygen atoms in total. The molecule has 3 heterocycles. The zero-order chi connectivity index (χ0) is 20.2. The van der Waals surface area contributed by atoms with Gasteiger partial charge in [0.05, 0.1) is 17.5 Å². The standard InChI is InChI=1S/C22H25N5O2/c1-15-10-24-21(25-15)20-12-23-11-18(26-20)9-16-5-4-8-27(13-16)14-17-6-2-3-7-19(17)22(28)29/h2-3,6-7,10-12,16H,4-5,8-9,13-14H2,1H3,(H,24,25)(H,28,29)/t16-/m1/s1. The van der Waals surface area contributed by atoms with Crippen molar-refractivity contribution in [3.63, 3.8) is 0 Å². The van der Waals surface area contributed by atoms with Gasteiger partial charge in [-0.15, -0.1) is 0 Å². The Balaban J connectivity index is 1.43. The summed E-state index contributed by atoms with van der Waals surface area (Å²) in [4.78, 5) is 30.5. The van der Waals surface area contributed by atoms with Crippen LogP contribution in [0.3, 0.4) is 0 Å². The minimum absolute atomic E-state index is 0.391. The van der Waals surface area contributed by atoms with Crippen molar-refractivity contribution in [2.24, 2.45) is 5.92 Å². The normalized spacial score (nSPS) is 17.3. The Hall–Kier alpha value is -3.06. The van der Waals surface area contributed by atoms with E-state index in [9.17, 15) is 9.90 Å². The number of rotatable bonds is 6. The summed E-state index contributed by atoms with van der Waals surface area (Å²) in [5.41, 5.74) is 3.99. The van der Waals surface area contributed by atoms with Gasteiger partial charge in [0.1, 0.15) is 5.69 Å². The van der Waals surface area contributed by atoms with Crippen molar-refractivity contribution < 1.29 is 9.90 Å². The number of likely N-dealkylation sites (tertiary alicyclic amines) is 1. The zero-order valence-electron chi connectivity index (χ0n) is 16.5. The van der Waals surface area contributed by atoms with Gasteiger partial charge in [0.15, 0.2) is 5.82 Å². The van der Waals surface area contributed by atoms with Gasteiger partial charge < -0.3 is 10.1 Å². The number of hydrogen-bond acceptors (Lipinski definition) is 5. The molecule has 150 valence electrons. The predicted octanol–water partition coefficient (Wildman–Crippen LogP) is 3.33. The van der Waals surface area contributed by atoms with Crippen LogP contribution in [0.2, 0.25) is 0 Å². The number of H-pyrrole nitrogens is 1. The number of carboxylic acid groups (broad SMARTS) is 1. The molecule has 0 saturated carbocycles. The SMILES string of the molecule is Cc1cnc(-c2cncc(C[C@H]3CCCN(Cc4ccccc4C(=O)O)C3)n2)[nH]1. The largest absolute Gasteiger partial charge is 0.478 e. The van der Waals surface area contributed by atoms with Crippen molar-refractivity contribution in [3.8, 4) is 11.5 Å². The van der Waals surface area contributed by atoms with E-state index in [0.717, 1.165) is 60.8 Å². The van der Waals surface area contributed by atoms with Gasteiger partial charge >= 0.3 is 5.97 Å². The molecule has 1 aliphatic rings. The van der Waals surface area contributed by atoms with E-state index in [4.69, 9.17) is 4.98 Å². The van der Waals surface area contributed by atoms with Gasteiger partial charge in [0.2, 0.25) is 0 Å². The summed E-state index contributed by atoms with van der Waals surface area (Å²) in [6.07, 6.45) is 8.46. The Bertz CT molecular complexity index is 1000. The first-order valence-electron chi connectivity index (χ1n) is 9.95. The summed E-state index contributed by atoms with van der Waals surface area (Å²) < 4.78 is 0. The van der Waals surface area contributed by atoms with E-state index >= 15 is 0 Å². The van der Waals surface area contributed by atoms with Crippen LogP contribution < -0.4 is 0 Å². The van der Waals surface area contributed by atoms with Crippen LogP contribution in [0.25, 0.3) is 11.5 Å². The highest BCUT2D eigenvalue weighted by Crippen LogP contribution is 2.23. The van der Waals surface area contributed by atoms with E-state index in [1.807, 2.05) is 25.3 Å². The first-order valence-corrected chi connectivity index (χ1v) is 9.95. The molecular weight excluding hydrogens is 366 g/mol. The van der Waals surface area contributed by atoms with Gasteiger partial charge in [-0.3, -0.25) is 9.88 Å². The number of imidazole rings is 1. The molecule has 29 heavy (non-hydrogen) atoms. The molecule has 0 aliphatic carbocycles. The summed E-state index contributed by atoms with van der Waals surface area (Å²) in [6.45, 7) is 4.55. The number of benzene rings is 1. The summed E-state index contributed by atoms with van der Waals surface area (Å²) in [5.74, 6) is 0.352. The minimum Gasteiger partial charge on any atom is -0.478 e. The van der Waals surface area contributed by atoms with Crippen LogP contribution >= 0.6 is 0 Å². The number of carboxylic acids is 1. The number of aromatic nitrogens is 4. The summed E-state index contributed by atoms with van der Waals surface area (Å²) in [6, 6.07) is 7.27. The predicted molar refractivity (Wildman–Crippen MR) is 109 cm³/mol. The second-order valence-corrected chi connectivity index (χ2v) is 7.72. The summed E-state index contributed by atoms with van der Waals surface area (Å²) >= 11 is 0. The molecule has 0 unspecified atom stereocenters. The van der Waals surface area contributed by atoms with E-state index in [1.165, 1.54) is 0 Å². The summed E-state index contributed by atoms with van der Waals surface area (Å²) in [7, 11) is 0. The van der Waals surface area contributed by atoms with Crippen molar-refractivity contribution in [2.45, 2.75) is 32.7 Å². The molecule has 7 heteroatoms. The van der Waals surface area contributed by atoms with E-state index in [-0.39, 0.29) is 0 Å². The lowest BCUT2D eigenvalue weighted by Crippen LogP contribution is -2.36. The van der Waals surface area contributed by atoms with Crippen LogP contribution in [-0.4, -0.2) is 49.0 Å². The van der Waals surface area contributed by atoms with Crippen molar-refractivity contribution in [3.05, 3.63) is 65.4 Å². The fourth-order valence-corrected chi connectivity index (χ4v) is 4.03. The molecule has 2 N–H and O–H groups in total. The quantitative estimate of drug-likeness (QED) is 0.669. The molecule has 3 aromatic rings. The molecule has 1 atom stereocenters. The lowest BCUT2D eigenvalue weighted by molar-refractivity contribution is 0.0693. The van der Waals surface area contributed by atoms with Crippen molar-refractivity contribution in [1.82, 2.24) is 24.8 Å². The number of piperidine rings is 1. The molecule has 1 fully saturated rings. The molecule has 0 amide bonds. The number of aromatic carboxylic acids is 1. The highest BCUT2D eigenvalue weighted by atomic mass is 16.4. The topological polar surface area (TPSA) is 95.0 Å². The van der Waals surface area contributed by atoms with Crippen molar-refractivity contribution in [2.75, 3.05) is 13.1 Å². The molecule has 0 spiro atoms. The van der Waals surface area contributed by atoms with Crippen molar-refractivity contribution >= 4 is 5.97 Å². The highest BCUT2D eigenvalue weighted by Gasteiger charge is 2.22. The fraction of sp³-hybridized carbons (Fsp3) is 0.364. The molecule has 1 aromatic carbocycles. The van der Waals surface area contributed by atoms with Crippen LogP contribution in [0.4, 0.5) is 0 Å². The maximum absolute atomic E-state index is 11.5. The number of hydrogen-bond donors (Lipinski definition) is 2. The van der Waals surface area contributed by atoms with Gasteiger partial charge in [-0.25, -0.2) is 14.8 Å². The highest BCUT2D eigenvalue weighted by molar-refractivity contribution is 5.89. The Morgan fingerprint density at radius 3 is 2.93 bits per heavy atom. The number of nitrogens with zero attached hydrogens (tertiary/aromatic N) is 4. The molecule has 2 aromatic heterocycles. The van der Waals surface area contributed by atoms with Crippen LogP contribution in [0.1, 0.15) is 40.2 Å². The maximum atomic E-state index is 11.5. The van der Waals surface area contributed by atoms with Crippen LogP contribution in [0.15, 0.2) is 42.9 Å². The maximum Gasteiger partial charge on any atom is 0.336 e. The Morgan fingerprint density at radius 1 is 1.28 bits per heavy atom. The van der Waals surface area contributed by atoms with Gasteiger partial charge in [0.25, 0.3) is 0 Å². The summed E-state index contributed by atoms with van der Waals surface area (Å²) in [5, 5.41) is 9.42. The first-order chi connectivity index (χ1) is 14.1. The monoisotopic (exact) mass is 391 g/mol. The molecule has 1 saturated heterocycles. The third kappa shape index (κ3) is 4.68. The smallest absolute Gasteiger partial charge is 0.336 e. The molecule has 4 rings (SSSR count). The third-order valence-corrected chi connectivity index (χ3v) is 5.37. The second-order valence-electron chi connectivity index (χ2n) is 7.72. The van der Waals surface area contributed by atoms with Crippen molar-refractivity contribution in [1.29, 1.82) is 0 Å². The lowest BCUT2D eigenvalue weighted by Gasteiger charge is -2.33. The number of aromatic amines is 1.